The smallest absolute Gasteiger partial charge is 0.132 e. The fourth-order valence-electron chi connectivity index (χ4n) is 2.74. The number of nitrogens with two attached hydrogens (primary N) is 1. The van der Waals surface area contributed by atoms with Crippen LogP contribution in [0.5, 0.6) is 0 Å². The first-order valence-corrected chi connectivity index (χ1v) is 6.98. The highest BCUT2D eigenvalue weighted by Crippen LogP contribution is 2.34. The average molecular weight is 294 g/mol. The van der Waals surface area contributed by atoms with Gasteiger partial charge in [0, 0.05) is 17.8 Å². The largest absolute Gasteiger partial charge is 0.399 e. The van der Waals surface area contributed by atoms with Crippen LogP contribution >= 0.6 is 15.9 Å². The van der Waals surface area contributed by atoms with E-state index in [4.69, 9.17) is 5.73 Å². The van der Waals surface area contributed by atoms with Crippen molar-refractivity contribution in [3.8, 4) is 0 Å². The van der Waals surface area contributed by atoms with Crippen molar-refractivity contribution >= 4 is 27.1 Å². The maximum Gasteiger partial charge on any atom is 0.132 e. The summed E-state index contributed by atoms with van der Waals surface area (Å²) >= 11 is 3.53. The van der Waals surface area contributed by atoms with Crippen LogP contribution in [0, 0.1) is 0 Å². The Morgan fingerprint density at radius 1 is 1.29 bits per heavy atom. The molecule has 1 saturated carbocycles. The molecule has 90 valence electrons. The number of aromatic nitrogens is 2. The van der Waals surface area contributed by atoms with Crippen LogP contribution in [-0.2, 0) is 0 Å². The summed E-state index contributed by atoms with van der Waals surface area (Å²) in [5.41, 5.74) is 7.68. The summed E-state index contributed by atoms with van der Waals surface area (Å²) in [4.78, 5) is 4.68. The zero-order valence-corrected chi connectivity index (χ0v) is 11.3. The van der Waals surface area contributed by atoms with Gasteiger partial charge in [0.15, 0.2) is 0 Å². The second-order valence-corrected chi connectivity index (χ2v) is 5.56. The summed E-state index contributed by atoms with van der Waals surface area (Å²) < 4.78 is 3.08. The van der Waals surface area contributed by atoms with Crippen LogP contribution in [0.2, 0.25) is 0 Å². The van der Waals surface area contributed by atoms with E-state index in [2.05, 4.69) is 25.3 Å². The fraction of sp³-hybridized carbons (Fsp3) is 0.462. The average Bonchev–Trinajstić information content (AvgIpc) is 2.68. The maximum absolute atomic E-state index is 5.82. The molecule has 2 heterocycles. The molecule has 2 aromatic heterocycles. The number of halogens is 1. The Morgan fingerprint density at radius 2 is 2.06 bits per heavy atom. The van der Waals surface area contributed by atoms with E-state index in [1.165, 1.54) is 37.9 Å². The lowest BCUT2D eigenvalue weighted by Gasteiger charge is -2.20. The Morgan fingerprint density at radius 3 is 2.82 bits per heavy atom. The molecule has 0 atom stereocenters. The molecule has 17 heavy (non-hydrogen) atoms. The molecule has 3 rings (SSSR count). The first-order valence-electron chi connectivity index (χ1n) is 6.18. The minimum absolute atomic E-state index is 0.603. The van der Waals surface area contributed by atoms with E-state index in [-0.39, 0.29) is 0 Å². The molecule has 0 aromatic carbocycles. The molecule has 4 heteroatoms. The van der Waals surface area contributed by atoms with Gasteiger partial charge in [0.05, 0.1) is 5.52 Å². The number of fused-ring (bicyclic) bond motifs is 1. The van der Waals surface area contributed by atoms with E-state index in [9.17, 15) is 0 Å². The molecule has 0 saturated heterocycles. The van der Waals surface area contributed by atoms with Crippen LogP contribution in [0.25, 0.3) is 5.52 Å². The standard InChI is InChI=1S/C13H16BrN3/c14-12-11-8-10(15)6-7-17(11)13(16-12)9-4-2-1-3-5-9/h6-9H,1-5,15H2. The predicted octanol–water partition coefficient (Wildman–Crippen LogP) is 3.73. The van der Waals surface area contributed by atoms with Crippen LogP contribution < -0.4 is 5.73 Å². The monoisotopic (exact) mass is 293 g/mol. The number of imidazole rings is 1. The van der Waals surface area contributed by atoms with Gasteiger partial charge in [0.25, 0.3) is 0 Å². The van der Waals surface area contributed by atoms with Gasteiger partial charge in [-0.15, -0.1) is 0 Å². The van der Waals surface area contributed by atoms with E-state index in [0.717, 1.165) is 15.8 Å². The molecule has 0 bridgehead atoms. The van der Waals surface area contributed by atoms with Gasteiger partial charge in [-0.05, 0) is 40.9 Å². The van der Waals surface area contributed by atoms with Gasteiger partial charge in [-0.3, -0.25) is 0 Å². The quantitative estimate of drug-likeness (QED) is 0.871. The lowest BCUT2D eigenvalue weighted by Crippen LogP contribution is -2.08. The van der Waals surface area contributed by atoms with E-state index in [1.807, 2.05) is 18.3 Å². The SMILES string of the molecule is Nc1ccn2c(C3CCCCC3)nc(Br)c2c1. The molecule has 0 unspecified atom stereocenters. The maximum atomic E-state index is 5.82. The molecule has 1 aliphatic rings. The van der Waals surface area contributed by atoms with Crippen molar-refractivity contribution in [1.82, 2.24) is 9.38 Å². The third-order valence-electron chi connectivity index (χ3n) is 3.62. The summed E-state index contributed by atoms with van der Waals surface area (Å²) in [6.07, 6.45) is 8.57. The molecule has 1 aliphatic carbocycles. The van der Waals surface area contributed by atoms with Gasteiger partial charge in [-0.25, -0.2) is 4.98 Å². The van der Waals surface area contributed by atoms with Crippen molar-refractivity contribution in [2.24, 2.45) is 0 Å². The second-order valence-electron chi connectivity index (χ2n) is 4.81. The number of anilines is 1. The predicted molar refractivity (Wildman–Crippen MR) is 73.1 cm³/mol. The van der Waals surface area contributed by atoms with E-state index in [1.54, 1.807) is 0 Å². The van der Waals surface area contributed by atoms with E-state index < -0.39 is 0 Å². The van der Waals surface area contributed by atoms with E-state index in [0.29, 0.717) is 5.92 Å². The molecule has 0 spiro atoms. The van der Waals surface area contributed by atoms with E-state index >= 15 is 0 Å². The number of nitrogen functional groups attached to an aromatic ring is 1. The Labute approximate surface area is 109 Å². The highest BCUT2D eigenvalue weighted by Gasteiger charge is 2.21. The Balaban J connectivity index is 2.10. The summed E-state index contributed by atoms with van der Waals surface area (Å²) in [6.45, 7) is 0. The van der Waals surface area contributed by atoms with Gasteiger partial charge in [0.2, 0.25) is 0 Å². The van der Waals surface area contributed by atoms with Crippen molar-refractivity contribution < 1.29 is 0 Å². The third kappa shape index (κ3) is 1.95. The fourth-order valence-corrected chi connectivity index (χ4v) is 3.22. The molecule has 3 nitrogen and oxygen atoms in total. The van der Waals surface area contributed by atoms with Gasteiger partial charge < -0.3 is 10.1 Å². The summed E-state index contributed by atoms with van der Waals surface area (Å²) in [6, 6.07) is 3.91. The number of pyridine rings is 1. The van der Waals surface area contributed by atoms with Crippen molar-refractivity contribution in [2.45, 2.75) is 38.0 Å². The number of hydrogen-bond acceptors (Lipinski definition) is 2. The Kier molecular flexibility index (Phi) is 2.82. The van der Waals surface area contributed by atoms with Crippen LogP contribution in [0.4, 0.5) is 5.69 Å². The molecular formula is C13H16BrN3. The minimum Gasteiger partial charge on any atom is -0.399 e. The molecule has 1 fully saturated rings. The van der Waals surface area contributed by atoms with Crippen LogP contribution in [0.3, 0.4) is 0 Å². The lowest BCUT2D eigenvalue weighted by atomic mass is 9.89. The summed E-state index contributed by atoms with van der Waals surface area (Å²) in [5.74, 6) is 1.79. The first kappa shape index (κ1) is 11.1. The van der Waals surface area contributed by atoms with Crippen LogP contribution in [-0.4, -0.2) is 9.38 Å². The molecule has 0 aliphatic heterocycles. The topological polar surface area (TPSA) is 43.3 Å². The number of nitrogens with zero attached hydrogens (tertiary/aromatic N) is 2. The summed E-state index contributed by atoms with van der Waals surface area (Å²) in [5, 5.41) is 0. The Bertz CT molecular complexity index is 541. The number of hydrogen-bond donors (Lipinski definition) is 1. The molecule has 2 aromatic rings. The zero-order chi connectivity index (χ0) is 11.8. The highest BCUT2D eigenvalue weighted by molar-refractivity contribution is 9.10. The van der Waals surface area contributed by atoms with Gasteiger partial charge in [0.1, 0.15) is 10.4 Å². The van der Waals surface area contributed by atoms with Crippen LogP contribution in [0.1, 0.15) is 43.8 Å². The van der Waals surface area contributed by atoms with Crippen molar-refractivity contribution in [1.29, 1.82) is 0 Å². The molecule has 2 N–H and O–H groups in total. The normalized spacial score (nSPS) is 17.7. The Hall–Kier alpha value is -1.03. The van der Waals surface area contributed by atoms with Gasteiger partial charge in [-0.2, -0.15) is 0 Å². The molecular weight excluding hydrogens is 278 g/mol. The second kappa shape index (κ2) is 4.33. The lowest BCUT2D eigenvalue weighted by molar-refractivity contribution is 0.427. The first-order chi connectivity index (χ1) is 8.25. The van der Waals surface area contributed by atoms with Gasteiger partial charge >= 0.3 is 0 Å². The third-order valence-corrected chi connectivity index (χ3v) is 4.20. The number of rotatable bonds is 1. The van der Waals surface area contributed by atoms with Crippen molar-refractivity contribution in [3.05, 3.63) is 28.8 Å². The van der Waals surface area contributed by atoms with Crippen molar-refractivity contribution in [2.75, 3.05) is 5.73 Å². The van der Waals surface area contributed by atoms with Crippen molar-refractivity contribution in [3.63, 3.8) is 0 Å². The zero-order valence-electron chi connectivity index (χ0n) is 9.69. The van der Waals surface area contributed by atoms with Crippen LogP contribution in [0.15, 0.2) is 22.9 Å². The highest BCUT2D eigenvalue weighted by atomic mass is 79.9. The molecule has 0 amide bonds. The minimum atomic E-state index is 0.603. The summed E-state index contributed by atoms with van der Waals surface area (Å²) in [7, 11) is 0. The molecule has 0 radical (unpaired) electrons. The van der Waals surface area contributed by atoms with Gasteiger partial charge in [-0.1, -0.05) is 19.3 Å².